The molecule has 6 nitrogen and oxygen atoms in total. The number of aliphatic hydroxyl groups is 1. The fraction of sp³-hybridized carbons (Fsp3) is 0.250. The van der Waals surface area contributed by atoms with Crippen molar-refractivity contribution in [2.75, 3.05) is 12.8 Å². The molecule has 1 atom stereocenters. The maximum absolute atomic E-state index is 10.3. The number of aliphatic hydroxyl groups excluding tert-OH is 1. The molecule has 3 N–H and O–H groups in total. The van der Waals surface area contributed by atoms with E-state index in [1.54, 1.807) is 18.3 Å². The van der Waals surface area contributed by atoms with Gasteiger partial charge in [0.15, 0.2) is 0 Å². The molecule has 0 aliphatic heterocycles. The van der Waals surface area contributed by atoms with E-state index in [-0.39, 0.29) is 0 Å². The van der Waals surface area contributed by atoms with E-state index in [9.17, 15) is 5.11 Å². The van der Waals surface area contributed by atoms with E-state index in [0.717, 1.165) is 5.56 Å². The molecule has 0 amide bonds. The number of hydrogen-bond acceptors (Lipinski definition) is 6. The van der Waals surface area contributed by atoms with Gasteiger partial charge in [-0.05, 0) is 18.6 Å². The number of aryl methyl sites for hydroxylation is 1. The van der Waals surface area contributed by atoms with Crippen molar-refractivity contribution in [3.05, 3.63) is 41.5 Å². The molecular formula is C12H14N4O2. The summed E-state index contributed by atoms with van der Waals surface area (Å²) in [6.45, 7) is 1.86. The third-order valence-electron chi connectivity index (χ3n) is 2.66. The number of nitrogen functional groups attached to an aromatic ring is 1. The first-order valence-corrected chi connectivity index (χ1v) is 5.38. The molecular weight excluding hydrogens is 232 g/mol. The molecule has 94 valence electrons. The lowest BCUT2D eigenvalue weighted by Gasteiger charge is -2.15. The Morgan fingerprint density at radius 2 is 2.11 bits per heavy atom. The molecule has 0 aromatic carbocycles. The van der Waals surface area contributed by atoms with Gasteiger partial charge in [-0.1, -0.05) is 0 Å². The quantitative estimate of drug-likeness (QED) is 0.833. The van der Waals surface area contributed by atoms with Crippen molar-refractivity contribution in [1.29, 1.82) is 0 Å². The van der Waals surface area contributed by atoms with Gasteiger partial charge in [0.25, 0.3) is 0 Å². The average molecular weight is 246 g/mol. The molecule has 0 saturated carbocycles. The second-order valence-electron chi connectivity index (χ2n) is 3.81. The molecule has 2 heterocycles. The van der Waals surface area contributed by atoms with Crippen LogP contribution in [0.15, 0.2) is 24.7 Å². The van der Waals surface area contributed by atoms with Crippen molar-refractivity contribution < 1.29 is 9.84 Å². The van der Waals surface area contributed by atoms with Gasteiger partial charge >= 0.3 is 0 Å². The maximum atomic E-state index is 10.3. The van der Waals surface area contributed by atoms with Crippen LogP contribution in [0.4, 0.5) is 5.82 Å². The molecule has 6 heteroatoms. The molecule has 0 bridgehead atoms. The second kappa shape index (κ2) is 4.97. The standard InChI is InChI=1S/C12H14N4O2/c1-7-3-4-14-12(13)10(7)11(17)8-5-9(18-2)16-6-15-8/h3-6,11,17H,1-2H3,(H2,13,14). The number of nitrogens with two attached hydrogens (primary N) is 1. The Labute approximate surface area is 104 Å². The summed E-state index contributed by atoms with van der Waals surface area (Å²) in [4.78, 5) is 11.9. The number of ether oxygens (including phenoxy) is 1. The first-order valence-electron chi connectivity index (χ1n) is 5.38. The molecule has 2 aromatic rings. The summed E-state index contributed by atoms with van der Waals surface area (Å²) in [6.07, 6.45) is 1.98. The molecule has 0 aliphatic carbocycles. The highest BCUT2D eigenvalue weighted by molar-refractivity contribution is 5.48. The summed E-state index contributed by atoms with van der Waals surface area (Å²) in [6, 6.07) is 3.35. The lowest BCUT2D eigenvalue weighted by molar-refractivity contribution is 0.214. The molecule has 0 radical (unpaired) electrons. The molecule has 18 heavy (non-hydrogen) atoms. The molecule has 2 aromatic heterocycles. The van der Waals surface area contributed by atoms with E-state index in [4.69, 9.17) is 10.5 Å². The van der Waals surface area contributed by atoms with Gasteiger partial charge in [-0.2, -0.15) is 0 Å². The minimum absolute atomic E-state index is 0.292. The van der Waals surface area contributed by atoms with E-state index in [1.165, 1.54) is 13.4 Å². The van der Waals surface area contributed by atoms with Crippen LogP contribution in [0, 0.1) is 6.92 Å². The molecule has 1 unspecified atom stereocenters. The zero-order chi connectivity index (χ0) is 13.1. The van der Waals surface area contributed by atoms with Gasteiger partial charge < -0.3 is 15.6 Å². The number of anilines is 1. The van der Waals surface area contributed by atoms with Crippen molar-refractivity contribution in [1.82, 2.24) is 15.0 Å². The van der Waals surface area contributed by atoms with E-state index in [1.807, 2.05) is 6.92 Å². The largest absolute Gasteiger partial charge is 0.481 e. The summed E-state index contributed by atoms with van der Waals surface area (Å²) in [7, 11) is 1.50. The van der Waals surface area contributed by atoms with Gasteiger partial charge in [-0.15, -0.1) is 0 Å². The van der Waals surface area contributed by atoms with Crippen molar-refractivity contribution >= 4 is 5.82 Å². The number of nitrogens with zero attached hydrogens (tertiary/aromatic N) is 3. The van der Waals surface area contributed by atoms with Crippen molar-refractivity contribution in [3.8, 4) is 5.88 Å². The number of methoxy groups -OCH3 is 1. The zero-order valence-corrected chi connectivity index (χ0v) is 10.2. The lowest BCUT2D eigenvalue weighted by atomic mass is 10.0. The lowest BCUT2D eigenvalue weighted by Crippen LogP contribution is -2.09. The smallest absolute Gasteiger partial charge is 0.216 e. The van der Waals surface area contributed by atoms with E-state index < -0.39 is 6.10 Å². The van der Waals surface area contributed by atoms with E-state index in [0.29, 0.717) is 23.0 Å². The monoisotopic (exact) mass is 246 g/mol. The van der Waals surface area contributed by atoms with Gasteiger partial charge in [0, 0.05) is 17.8 Å². The van der Waals surface area contributed by atoms with Crippen LogP contribution in [0.5, 0.6) is 5.88 Å². The fourth-order valence-corrected chi connectivity index (χ4v) is 1.71. The zero-order valence-electron chi connectivity index (χ0n) is 10.2. The predicted molar refractivity (Wildman–Crippen MR) is 66.0 cm³/mol. The number of aromatic nitrogens is 3. The Morgan fingerprint density at radius 3 is 2.78 bits per heavy atom. The van der Waals surface area contributed by atoms with Crippen molar-refractivity contribution in [2.24, 2.45) is 0 Å². The van der Waals surface area contributed by atoms with Gasteiger partial charge in [0.05, 0.1) is 12.8 Å². The minimum atomic E-state index is -0.949. The summed E-state index contributed by atoms with van der Waals surface area (Å²) in [5.41, 5.74) is 7.61. The van der Waals surface area contributed by atoms with Crippen LogP contribution in [-0.2, 0) is 0 Å². The predicted octanol–water partition coefficient (Wildman–Crippen LogP) is 0.853. The van der Waals surface area contributed by atoms with Crippen molar-refractivity contribution in [2.45, 2.75) is 13.0 Å². The SMILES string of the molecule is COc1cc(C(O)c2c(C)ccnc2N)ncn1. The molecule has 0 aliphatic rings. The fourth-order valence-electron chi connectivity index (χ4n) is 1.71. The van der Waals surface area contributed by atoms with E-state index in [2.05, 4.69) is 15.0 Å². The van der Waals surface area contributed by atoms with Crippen LogP contribution in [0.25, 0.3) is 0 Å². The van der Waals surface area contributed by atoms with Crippen molar-refractivity contribution in [3.63, 3.8) is 0 Å². The summed E-state index contributed by atoms with van der Waals surface area (Å²) in [5, 5.41) is 10.3. The number of hydrogen-bond donors (Lipinski definition) is 2. The van der Waals surface area contributed by atoms with Crippen LogP contribution in [0.2, 0.25) is 0 Å². The third kappa shape index (κ3) is 2.23. The van der Waals surface area contributed by atoms with Crippen LogP contribution in [0.1, 0.15) is 22.9 Å². The normalized spacial score (nSPS) is 12.2. The number of rotatable bonds is 3. The highest BCUT2D eigenvalue weighted by atomic mass is 16.5. The third-order valence-corrected chi connectivity index (χ3v) is 2.66. The van der Waals surface area contributed by atoms with Crippen LogP contribution < -0.4 is 10.5 Å². The Bertz CT molecular complexity index is 539. The van der Waals surface area contributed by atoms with Gasteiger partial charge in [-0.25, -0.2) is 15.0 Å². The van der Waals surface area contributed by atoms with Gasteiger partial charge in [0.2, 0.25) is 5.88 Å². The Balaban J connectivity index is 2.44. The highest BCUT2D eigenvalue weighted by Crippen LogP contribution is 2.27. The Morgan fingerprint density at radius 1 is 1.33 bits per heavy atom. The topological polar surface area (TPSA) is 94.2 Å². The first kappa shape index (κ1) is 12.3. The summed E-state index contributed by atoms with van der Waals surface area (Å²) >= 11 is 0. The molecule has 0 spiro atoms. The average Bonchev–Trinajstić information content (AvgIpc) is 2.38. The van der Waals surface area contributed by atoms with E-state index >= 15 is 0 Å². The van der Waals surface area contributed by atoms with Crippen LogP contribution in [0.3, 0.4) is 0 Å². The Kier molecular flexibility index (Phi) is 3.38. The number of pyridine rings is 1. The molecule has 2 rings (SSSR count). The minimum Gasteiger partial charge on any atom is -0.481 e. The van der Waals surface area contributed by atoms with Crippen LogP contribution in [-0.4, -0.2) is 27.2 Å². The van der Waals surface area contributed by atoms with Crippen LogP contribution >= 0.6 is 0 Å². The summed E-state index contributed by atoms with van der Waals surface area (Å²) in [5.74, 6) is 0.680. The Hall–Kier alpha value is -2.21. The van der Waals surface area contributed by atoms with Gasteiger partial charge in [0.1, 0.15) is 18.2 Å². The first-order chi connectivity index (χ1) is 8.63. The second-order valence-corrected chi connectivity index (χ2v) is 3.81. The van der Waals surface area contributed by atoms with Gasteiger partial charge in [-0.3, -0.25) is 0 Å². The highest BCUT2D eigenvalue weighted by Gasteiger charge is 2.18. The molecule has 0 saturated heterocycles. The maximum Gasteiger partial charge on any atom is 0.216 e. The summed E-state index contributed by atoms with van der Waals surface area (Å²) < 4.78 is 4.99. The molecule has 0 fully saturated rings.